The van der Waals surface area contributed by atoms with Crippen molar-refractivity contribution in [3.05, 3.63) is 99.6 Å². The molecule has 0 radical (unpaired) electrons. The molecule has 1 N–H and O–H groups in total. The molecule has 1 aliphatic rings. The molecule has 0 aliphatic carbocycles. The number of aryl methyl sites for hydroxylation is 1. The van der Waals surface area contributed by atoms with Crippen molar-refractivity contribution in [1.29, 1.82) is 0 Å². The van der Waals surface area contributed by atoms with E-state index in [2.05, 4.69) is 0 Å². The van der Waals surface area contributed by atoms with Crippen molar-refractivity contribution >= 4 is 40.7 Å². The van der Waals surface area contributed by atoms with Crippen LogP contribution < -0.4 is 9.64 Å². The van der Waals surface area contributed by atoms with Crippen molar-refractivity contribution < 1.29 is 29.0 Å². The van der Waals surface area contributed by atoms with Gasteiger partial charge in [0.15, 0.2) is 0 Å². The number of esters is 1. The topological polar surface area (TPSA) is 93.1 Å². The van der Waals surface area contributed by atoms with Gasteiger partial charge in [0.05, 0.1) is 35.9 Å². The van der Waals surface area contributed by atoms with Crippen LogP contribution in [-0.4, -0.2) is 36.5 Å². The van der Waals surface area contributed by atoms with E-state index in [1.54, 1.807) is 37.3 Å². The van der Waals surface area contributed by atoms with Crippen LogP contribution in [0.4, 0.5) is 5.69 Å². The van der Waals surface area contributed by atoms with Crippen LogP contribution in [-0.2, 0) is 20.7 Å². The van der Waals surface area contributed by atoms with Crippen molar-refractivity contribution in [3.63, 3.8) is 0 Å². The van der Waals surface area contributed by atoms with Crippen LogP contribution in [0.1, 0.15) is 46.9 Å². The van der Waals surface area contributed by atoms with E-state index < -0.39 is 23.7 Å². The summed E-state index contributed by atoms with van der Waals surface area (Å²) in [4.78, 5) is 40.3. The fourth-order valence-corrected chi connectivity index (χ4v) is 4.49. The molecule has 3 aromatic carbocycles. The van der Waals surface area contributed by atoms with Crippen LogP contribution in [0, 0.1) is 0 Å². The van der Waals surface area contributed by atoms with Gasteiger partial charge in [-0.2, -0.15) is 0 Å². The minimum atomic E-state index is -0.940. The van der Waals surface area contributed by atoms with Crippen molar-refractivity contribution in [3.8, 4) is 5.75 Å². The average molecular weight is 520 g/mol. The molecule has 1 heterocycles. The van der Waals surface area contributed by atoms with E-state index in [0.29, 0.717) is 28.6 Å². The number of hydrogen-bond donors (Lipinski definition) is 1. The molecular formula is C29H26ClNO6. The van der Waals surface area contributed by atoms with Crippen LogP contribution in [0.5, 0.6) is 5.75 Å². The Labute approximate surface area is 219 Å². The molecule has 8 heteroatoms. The number of nitrogens with zero attached hydrogens (tertiary/aromatic N) is 1. The fourth-order valence-electron chi connectivity index (χ4n) is 4.32. The Kier molecular flexibility index (Phi) is 7.64. The predicted octanol–water partition coefficient (Wildman–Crippen LogP) is 5.71. The fraction of sp³-hybridized carbons (Fsp3) is 0.207. The monoisotopic (exact) mass is 519 g/mol. The quantitative estimate of drug-likeness (QED) is 0.186. The second kappa shape index (κ2) is 10.9. The standard InChI is InChI=1S/C29H26ClNO6/c1-4-17-9-11-18(12-10-17)25-24(26(32)19-13-14-22(30)23(16-19)37-5-2)27(33)28(34)31(25)21-8-6-7-20(15-21)29(35)36-3/h6-16,25,32H,4-5H2,1-3H3/b26-24+. The molecule has 1 atom stereocenters. The number of ether oxygens (including phenoxy) is 2. The molecule has 0 aromatic heterocycles. The second-order valence-corrected chi connectivity index (χ2v) is 8.79. The van der Waals surface area contributed by atoms with Crippen LogP contribution in [0.3, 0.4) is 0 Å². The van der Waals surface area contributed by atoms with Gasteiger partial charge in [-0.1, -0.05) is 48.9 Å². The van der Waals surface area contributed by atoms with E-state index in [-0.39, 0.29) is 22.5 Å². The summed E-state index contributed by atoms with van der Waals surface area (Å²) in [6.45, 7) is 4.18. The summed E-state index contributed by atoms with van der Waals surface area (Å²) >= 11 is 6.21. The lowest BCUT2D eigenvalue weighted by atomic mass is 9.94. The normalized spacial score (nSPS) is 16.6. The molecule has 1 aliphatic heterocycles. The van der Waals surface area contributed by atoms with E-state index in [4.69, 9.17) is 21.1 Å². The number of ketones is 1. The van der Waals surface area contributed by atoms with Crippen molar-refractivity contribution in [2.75, 3.05) is 18.6 Å². The summed E-state index contributed by atoms with van der Waals surface area (Å²) in [5.74, 6) is -2.26. The first-order valence-corrected chi connectivity index (χ1v) is 12.2. The Hall–Kier alpha value is -4.10. The lowest BCUT2D eigenvalue weighted by Gasteiger charge is -2.26. The molecule has 0 saturated carbocycles. The van der Waals surface area contributed by atoms with Crippen molar-refractivity contribution in [2.45, 2.75) is 26.3 Å². The summed E-state index contributed by atoms with van der Waals surface area (Å²) in [5, 5.41) is 11.7. The maximum absolute atomic E-state index is 13.4. The maximum Gasteiger partial charge on any atom is 0.337 e. The van der Waals surface area contributed by atoms with Crippen molar-refractivity contribution in [1.82, 2.24) is 0 Å². The molecule has 1 amide bonds. The van der Waals surface area contributed by atoms with Gasteiger partial charge in [-0.15, -0.1) is 0 Å². The minimum Gasteiger partial charge on any atom is -0.507 e. The van der Waals surface area contributed by atoms with Crippen LogP contribution in [0.15, 0.2) is 72.3 Å². The zero-order valence-corrected chi connectivity index (χ0v) is 21.4. The molecule has 4 rings (SSSR count). The van der Waals surface area contributed by atoms with Gasteiger partial charge in [-0.05, 0) is 60.9 Å². The number of Topliss-reactive ketones (excluding diaryl/α,β-unsaturated/α-hetero) is 1. The molecule has 3 aromatic rings. The molecule has 7 nitrogen and oxygen atoms in total. The van der Waals surface area contributed by atoms with Crippen LogP contribution >= 0.6 is 11.6 Å². The van der Waals surface area contributed by atoms with Gasteiger partial charge >= 0.3 is 5.97 Å². The number of aliphatic hydroxyl groups excluding tert-OH is 1. The highest BCUT2D eigenvalue weighted by molar-refractivity contribution is 6.51. The largest absolute Gasteiger partial charge is 0.507 e. The van der Waals surface area contributed by atoms with E-state index in [1.165, 1.54) is 24.1 Å². The van der Waals surface area contributed by atoms with E-state index in [0.717, 1.165) is 12.0 Å². The first-order valence-electron chi connectivity index (χ1n) is 11.8. The number of benzene rings is 3. The summed E-state index contributed by atoms with van der Waals surface area (Å²) in [5.41, 5.74) is 2.44. The Balaban J connectivity index is 1.93. The van der Waals surface area contributed by atoms with Gasteiger partial charge in [0.25, 0.3) is 11.7 Å². The third-order valence-corrected chi connectivity index (χ3v) is 6.51. The number of anilines is 1. The van der Waals surface area contributed by atoms with Gasteiger partial charge in [0.2, 0.25) is 0 Å². The summed E-state index contributed by atoms with van der Waals surface area (Å²) < 4.78 is 10.4. The molecular weight excluding hydrogens is 494 g/mol. The molecule has 37 heavy (non-hydrogen) atoms. The molecule has 1 fully saturated rings. The van der Waals surface area contributed by atoms with Crippen LogP contribution in [0.25, 0.3) is 5.76 Å². The molecule has 190 valence electrons. The molecule has 0 bridgehead atoms. The molecule has 0 spiro atoms. The Bertz CT molecular complexity index is 1400. The number of amides is 1. The smallest absolute Gasteiger partial charge is 0.337 e. The number of carbonyl (C=O) groups is 3. The van der Waals surface area contributed by atoms with Gasteiger partial charge in [-0.3, -0.25) is 14.5 Å². The zero-order chi connectivity index (χ0) is 26.7. The number of hydrogen-bond acceptors (Lipinski definition) is 6. The van der Waals surface area contributed by atoms with E-state index in [9.17, 15) is 19.5 Å². The number of carbonyl (C=O) groups excluding carboxylic acids is 3. The highest BCUT2D eigenvalue weighted by Crippen LogP contribution is 2.43. The third-order valence-electron chi connectivity index (χ3n) is 6.20. The van der Waals surface area contributed by atoms with Gasteiger partial charge in [0.1, 0.15) is 11.5 Å². The zero-order valence-electron chi connectivity index (χ0n) is 20.7. The number of rotatable bonds is 7. The molecule has 1 unspecified atom stereocenters. The highest BCUT2D eigenvalue weighted by Gasteiger charge is 2.47. The number of halogens is 1. The van der Waals surface area contributed by atoms with Gasteiger partial charge in [-0.25, -0.2) is 4.79 Å². The predicted molar refractivity (Wildman–Crippen MR) is 141 cm³/mol. The molecule has 1 saturated heterocycles. The Morgan fingerprint density at radius 1 is 1.00 bits per heavy atom. The average Bonchev–Trinajstić information content (AvgIpc) is 3.19. The van der Waals surface area contributed by atoms with Crippen LogP contribution in [0.2, 0.25) is 5.02 Å². The van der Waals surface area contributed by atoms with Crippen molar-refractivity contribution in [2.24, 2.45) is 0 Å². The highest BCUT2D eigenvalue weighted by atomic mass is 35.5. The van der Waals surface area contributed by atoms with E-state index >= 15 is 0 Å². The lowest BCUT2D eigenvalue weighted by Crippen LogP contribution is -2.29. The lowest BCUT2D eigenvalue weighted by molar-refractivity contribution is -0.132. The SMILES string of the molecule is CCOc1cc(/C(O)=C2\C(=O)C(=O)N(c3cccc(C(=O)OC)c3)C2c2ccc(CC)cc2)ccc1Cl. The second-order valence-electron chi connectivity index (χ2n) is 8.38. The third kappa shape index (κ3) is 4.95. The first-order chi connectivity index (χ1) is 17.8. The van der Waals surface area contributed by atoms with E-state index in [1.807, 2.05) is 31.2 Å². The first kappa shape index (κ1) is 26.0. The number of aliphatic hydroxyl groups is 1. The summed E-state index contributed by atoms with van der Waals surface area (Å²) in [6, 6.07) is 17.5. The number of methoxy groups -OCH3 is 1. The summed E-state index contributed by atoms with van der Waals surface area (Å²) in [6.07, 6.45) is 0.812. The van der Waals surface area contributed by atoms with Gasteiger partial charge in [0, 0.05) is 11.3 Å². The maximum atomic E-state index is 13.4. The Morgan fingerprint density at radius 2 is 1.73 bits per heavy atom. The van der Waals surface area contributed by atoms with Gasteiger partial charge < -0.3 is 14.6 Å². The Morgan fingerprint density at radius 3 is 2.38 bits per heavy atom. The minimum absolute atomic E-state index is 0.0810. The summed E-state index contributed by atoms with van der Waals surface area (Å²) in [7, 11) is 1.26.